The molecule has 0 unspecified atom stereocenters. The van der Waals surface area contributed by atoms with E-state index in [9.17, 15) is 9.59 Å². The van der Waals surface area contributed by atoms with Crippen molar-refractivity contribution in [2.45, 2.75) is 32.2 Å². The van der Waals surface area contributed by atoms with Gasteiger partial charge in [-0.25, -0.2) is 0 Å². The van der Waals surface area contributed by atoms with Crippen LogP contribution in [0.3, 0.4) is 0 Å². The lowest BCUT2D eigenvalue weighted by Gasteiger charge is -2.32. The maximum Gasteiger partial charge on any atom is 0.255 e. The van der Waals surface area contributed by atoms with Crippen molar-refractivity contribution in [1.29, 1.82) is 0 Å². The van der Waals surface area contributed by atoms with E-state index < -0.39 is 0 Å². The summed E-state index contributed by atoms with van der Waals surface area (Å²) < 4.78 is 0. The molecule has 5 heteroatoms. The molecule has 4 nitrogen and oxygen atoms in total. The van der Waals surface area contributed by atoms with Gasteiger partial charge >= 0.3 is 0 Å². The first kappa shape index (κ1) is 19.4. The molecule has 1 aliphatic rings. The Morgan fingerprint density at radius 1 is 1.00 bits per heavy atom. The van der Waals surface area contributed by atoms with E-state index in [1.165, 1.54) is 0 Å². The van der Waals surface area contributed by atoms with E-state index in [1.807, 2.05) is 47.4 Å². The molecule has 0 spiro atoms. The number of carbonyl (C=O) groups excluding carboxylic acids is 2. The van der Waals surface area contributed by atoms with Gasteiger partial charge in [0.05, 0.1) is 10.6 Å². The van der Waals surface area contributed by atoms with E-state index in [1.54, 1.807) is 12.1 Å². The maximum absolute atomic E-state index is 12.6. The van der Waals surface area contributed by atoms with Crippen LogP contribution in [0.15, 0.2) is 54.6 Å². The molecule has 1 aliphatic heterocycles. The van der Waals surface area contributed by atoms with E-state index in [4.69, 9.17) is 11.6 Å². The molecule has 2 aromatic rings. The Kier molecular flexibility index (Phi) is 6.88. The van der Waals surface area contributed by atoms with Crippen LogP contribution in [0.1, 0.15) is 41.6 Å². The predicted molar refractivity (Wildman–Crippen MR) is 108 cm³/mol. The minimum absolute atomic E-state index is 0.000320. The molecule has 1 fully saturated rings. The second-order valence-corrected chi connectivity index (χ2v) is 7.42. The minimum atomic E-state index is -0.000320. The minimum Gasteiger partial charge on any atom is -0.352 e. The van der Waals surface area contributed by atoms with Gasteiger partial charge in [0, 0.05) is 26.1 Å². The lowest BCUT2D eigenvalue weighted by molar-refractivity contribution is -0.121. The number of nitrogens with one attached hydrogen (secondary N) is 1. The third-order valence-electron chi connectivity index (χ3n) is 5.12. The highest BCUT2D eigenvalue weighted by atomic mass is 35.5. The summed E-state index contributed by atoms with van der Waals surface area (Å²) in [4.78, 5) is 26.5. The van der Waals surface area contributed by atoms with Crippen LogP contribution in [0, 0.1) is 5.92 Å². The van der Waals surface area contributed by atoms with Gasteiger partial charge in [-0.2, -0.15) is 0 Å². The van der Waals surface area contributed by atoms with E-state index in [2.05, 4.69) is 5.32 Å². The number of amides is 2. The standard InChI is InChI=1S/C22H25ClN2O2/c23-20-9-5-4-8-19(20)22(27)25-14-12-17(13-15-25)10-11-21(26)24-16-18-6-2-1-3-7-18/h1-9,17H,10-16H2,(H,24,26). The molecule has 0 bridgehead atoms. The highest BCUT2D eigenvalue weighted by molar-refractivity contribution is 6.33. The summed E-state index contributed by atoms with van der Waals surface area (Å²) in [5.41, 5.74) is 1.68. The van der Waals surface area contributed by atoms with Crippen molar-refractivity contribution >= 4 is 23.4 Å². The zero-order valence-electron chi connectivity index (χ0n) is 15.4. The SMILES string of the molecule is O=C(CCC1CCN(C(=O)c2ccccc2Cl)CC1)NCc1ccccc1. The second kappa shape index (κ2) is 9.56. The summed E-state index contributed by atoms with van der Waals surface area (Å²) in [6.45, 7) is 2.02. The molecular formula is C22H25ClN2O2. The molecule has 1 heterocycles. The summed E-state index contributed by atoms with van der Waals surface area (Å²) in [5, 5.41) is 3.47. The van der Waals surface area contributed by atoms with Crippen molar-refractivity contribution in [2.75, 3.05) is 13.1 Å². The maximum atomic E-state index is 12.6. The highest BCUT2D eigenvalue weighted by Gasteiger charge is 2.24. The van der Waals surface area contributed by atoms with E-state index >= 15 is 0 Å². The Hall–Kier alpha value is -2.33. The van der Waals surface area contributed by atoms with E-state index in [-0.39, 0.29) is 11.8 Å². The quantitative estimate of drug-likeness (QED) is 0.807. The monoisotopic (exact) mass is 384 g/mol. The van der Waals surface area contributed by atoms with Gasteiger partial charge in [-0.1, -0.05) is 54.1 Å². The molecule has 2 aromatic carbocycles. The van der Waals surface area contributed by atoms with Gasteiger partial charge in [0.2, 0.25) is 5.91 Å². The molecule has 0 saturated carbocycles. The Bertz CT molecular complexity index is 771. The summed E-state index contributed by atoms with van der Waals surface area (Å²) >= 11 is 6.13. The molecule has 1 N–H and O–H groups in total. The Morgan fingerprint density at radius 3 is 2.37 bits per heavy atom. The van der Waals surface area contributed by atoms with Gasteiger partial charge in [0.25, 0.3) is 5.91 Å². The summed E-state index contributed by atoms with van der Waals surface area (Å²) in [6, 6.07) is 17.1. The number of halogens is 1. The summed E-state index contributed by atoms with van der Waals surface area (Å²) in [6.07, 6.45) is 3.27. The van der Waals surface area contributed by atoms with Gasteiger partial charge < -0.3 is 10.2 Å². The lowest BCUT2D eigenvalue weighted by atomic mass is 9.91. The summed E-state index contributed by atoms with van der Waals surface area (Å²) in [5.74, 6) is 0.579. The van der Waals surface area contributed by atoms with E-state index in [0.717, 1.165) is 37.9 Å². The van der Waals surface area contributed by atoms with Crippen LogP contribution in [0.4, 0.5) is 0 Å². The molecule has 3 rings (SSSR count). The fraction of sp³-hybridized carbons (Fsp3) is 0.364. The first-order chi connectivity index (χ1) is 13.1. The molecule has 0 atom stereocenters. The third kappa shape index (κ3) is 5.57. The molecular weight excluding hydrogens is 360 g/mol. The third-order valence-corrected chi connectivity index (χ3v) is 5.45. The number of likely N-dealkylation sites (tertiary alicyclic amines) is 1. The van der Waals surface area contributed by atoms with Crippen LogP contribution in [0.25, 0.3) is 0 Å². The van der Waals surface area contributed by atoms with Crippen molar-refractivity contribution in [2.24, 2.45) is 5.92 Å². The molecule has 27 heavy (non-hydrogen) atoms. The van der Waals surface area contributed by atoms with Gasteiger partial charge in [-0.05, 0) is 42.9 Å². The van der Waals surface area contributed by atoms with Gasteiger partial charge in [0.1, 0.15) is 0 Å². The lowest BCUT2D eigenvalue weighted by Crippen LogP contribution is -2.38. The molecule has 142 valence electrons. The first-order valence-corrected chi connectivity index (χ1v) is 9.85. The van der Waals surface area contributed by atoms with Crippen LogP contribution in [-0.4, -0.2) is 29.8 Å². The Labute approximate surface area is 165 Å². The average Bonchev–Trinajstić information content (AvgIpc) is 2.72. The van der Waals surface area contributed by atoms with Crippen LogP contribution >= 0.6 is 11.6 Å². The Balaban J connectivity index is 1.39. The highest BCUT2D eigenvalue weighted by Crippen LogP contribution is 2.25. The predicted octanol–water partition coefficient (Wildman–Crippen LogP) is 4.29. The molecule has 0 radical (unpaired) electrons. The van der Waals surface area contributed by atoms with Gasteiger partial charge in [-0.3, -0.25) is 9.59 Å². The largest absolute Gasteiger partial charge is 0.352 e. The fourth-order valence-electron chi connectivity index (χ4n) is 3.45. The van der Waals surface area contributed by atoms with Crippen LogP contribution < -0.4 is 5.32 Å². The van der Waals surface area contributed by atoms with Gasteiger partial charge in [0.15, 0.2) is 0 Å². The molecule has 1 saturated heterocycles. The number of hydrogen-bond donors (Lipinski definition) is 1. The van der Waals surface area contributed by atoms with Crippen molar-refractivity contribution in [3.63, 3.8) is 0 Å². The van der Waals surface area contributed by atoms with Crippen LogP contribution in [-0.2, 0) is 11.3 Å². The number of benzene rings is 2. The fourth-order valence-corrected chi connectivity index (χ4v) is 3.67. The van der Waals surface area contributed by atoms with Gasteiger partial charge in [-0.15, -0.1) is 0 Å². The van der Waals surface area contributed by atoms with Crippen molar-refractivity contribution in [3.05, 3.63) is 70.7 Å². The first-order valence-electron chi connectivity index (χ1n) is 9.48. The number of hydrogen-bond acceptors (Lipinski definition) is 2. The molecule has 2 amide bonds. The molecule has 0 aromatic heterocycles. The van der Waals surface area contributed by atoms with E-state index in [0.29, 0.717) is 29.5 Å². The van der Waals surface area contributed by atoms with Crippen molar-refractivity contribution < 1.29 is 9.59 Å². The van der Waals surface area contributed by atoms with Crippen LogP contribution in [0.5, 0.6) is 0 Å². The smallest absolute Gasteiger partial charge is 0.255 e. The average molecular weight is 385 g/mol. The van der Waals surface area contributed by atoms with Crippen LogP contribution in [0.2, 0.25) is 5.02 Å². The number of piperidine rings is 1. The number of carbonyl (C=O) groups is 2. The topological polar surface area (TPSA) is 49.4 Å². The zero-order valence-corrected chi connectivity index (χ0v) is 16.1. The van der Waals surface area contributed by atoms with Crippen molar-refractivity contribution in [1.82, 2.24) is 10.2 Å². The summed E-state index contributed by atoms with van der Waals surface area (Å²) in [7, 11) is 0. The second-order valence-electron chi connectivity index (χ2n) is 7.02. The zero-order chi connectivity index (χ0) is 19.1. The normalized spacial score (nSPS) is 14.8. The Morgan fingerprint density at radius 2 is 1.67 bits per heavy atom. The number of rotatable bonds is 6. The molecule has 0 aliphatic carbocycles. The number of nitrogens with zero attached hydrogens (tertiary/aromatic N) is 1. The van der Waals surface area contributed by atoms with Crippen molar-refractivity contribution in [3.8, 4) is 0 Å².